The highest BCUT2D eigenvalue weighted by Gasteiger charge is 2.22. The van der Waals surface area contributed by atoms with Crippen LogP contribution in [0.15, 0.2) is 59.3 Å². The van der Waals surface area contributed by atoms with Crippen molar-refractivity contribution in [3.05, 3.63) is 77.3 Å². The lowest BCUT2D eigenvalue weighted by atomic mass is 10.1. The average molecular weight is 360 g/mol. The molecule has 1 aromatic carbocycles. The topological polar surface area (TPSA) is 76.9 Å². The van der Waals surface area contributed by atoms with Crippen molar-refractivity contribution >= 4 is 22.5 Å². The smallest absolute Gasteiger partial charge is 0.374 e. The molecule has 0 aliphatic carbocycles. The maximum Gasteiger partial charge on any atom is 0.374 e. The van der Waals surface area contributed by atoms with Crippen molar-refractivity contribution in [2.45, 2.75) is 13.2 Å². The van der Waals surface area contributed by atoms with Crippen LogP contribution in [0.25, 0.3) is 16.5 Å². The van der Waals surface area contributed by atoms with Gasteiger partial charge in [0.25, 0.3) is 0 Å². The van der Waals surface area contributed by atoms with Gasteiger partial charge in [-0.1, -0.05) is 24.3 Å². The predicted octanol–water partition coefficient (Wildman–Crippen LogP) is 4.06. The number of pyridine rings is 1. The summed E-state index contributed by atoms with van der Waals surface area (Å²) in [6.07, 6.45) is 3.63. The summed E-state index contributed by atoms with van der Waals surface area (Å²) in [5.74, 6) is -0.460. The van der Waals surface area contributed by atoms with Gasteiger partial charge in [-0.25, -0.2) is 4.79 Å². The third-order valence-corrected chi connectivity index (χ3v) is 4.41. The molecule has 0 saturated carbocycles. The first-order chi connectivity index (χ1) is 13.2. The molecule has 6 heteroatoms. The van der Waals surface area contributed by atoms with E-state index in [1.165, 1.54) is 0 Å². The van der Waals surface area contributed by atoms with Crippen LogP contribution in [-0.2, 0) is 22.7 Å². The molecule has 4 rings (SSSR count). The highest BCUT2D eigenvalue weighted by molar-refractivity contribution is 5.96. The van der Waals surface area contributed by atoms with E-state index in [1.807, 2.05) is 47.0 Å². The number of carbonyl (C=O) groups is 1. The molecule has 3 aromatic heterocycles. The number of ether oxygens (including phenoxy) is 2. The van der Waals surface area contributed by atoms with E-state index < -0.39 is 5.97 Å². The summed E-state index contributed by atoms with van der Waals surface area (Å²) in [5, 5.41) is 10.3. The van der Waals surface area contributed by atoms with Gasteiger partial charge in [-0.2, -0.15) is 5.26 Å². The molecule has 0 fully saturated rings. The summed E-state index contributed by atoms with van der Waals surface area (Å²) in [4.78, 5) is 12.6. The molecule has 6 nitrogen and oxygen atoms in total. The van der Waals surface area contributed by atoms with Gasteiger partial charge in [0, 0.05) is 36.0 Å². The number of hydrogen-bond acceptors (Lipinski definition) is 5. The maximum atomic E-state index is 12.6. The number of furan rings is 1. The molecule has 0 N–H and O–H groups in total. The van der Waals surface area contributed by atoms with Gasteiger partial charge in [0.05, 0.1) is 17.7 Å². The zero-order valence-electron chi connectivity index (χ0n) is 14.6. The Morgan fingerprint density at radius 1 is 1.19 bits per heavy atom. The van der Waals surface area contributed by atoms with Crippen molar-refractivity contribution in [2.75, 3.05) is 7.11 Å². The summed E-state index contributed by atoms with van der Waals surface area (Å²) in [6.45, 7) is 0.216. The molecule has 0 saturated heterocycles. The predicted molar refractivity (Wildman–Crippen MR) is 98.2 cm³/mol. The van der Waals surface area contributed by atoms with Gasteiger partial charge in [0.2, 0.25) is 5.76 Å². The number of rotatable bonds is 5. The second-order valence-corrected chi connectivity index (χ2v) is 6.05. The summed E-state index contributed by atoms with van der Waals surface area (Å²) >= 11 is 0. The van der Waals surface area contributed by atoms with E-state index >= 15 is 0 Å². The number of benzene rings is 1. The lowest BCUT2D eigenvalue weighted by Gasteiger charge is -2.04. The highest BCUT2D eigenvalue weighted by atomic mass is 16.5. The number of fused-ring (bicyclic) bond motifs is 2. The minimum atomic E-state index is -0.586. The van der Waals surface area contributed by atoms with Crippen LogP contribution in [0.1, 0.15) is 27.2 Å². The largest absolute Gasteiger partial charge is 0.455 e. The fraction of sp³-hybridized carbons (Fsp3) is 0.143. The Bertz CT molecular complexity index is 1180. The molecule has 0 radical (unpaired) electrons. The van der Waals surface area contributed by atoms with Crippen molar-refractivity contribution in [1.82, 2.24) is 4.40 Å². The average Bonchev–Trinajstić information content (AvgIpc) is 3.24. The number of carbonyl (C=O) groups excluding carboxylic acids is 1. The van der Waals surface area contributed by atoms with Crippen LogP contribution in [0.4, 0.5) is 0 Å². The van der Waals surface area contributed by atoms with Crippen molar-refractivity contribution in [3.8, 4) is 6.07 Å². The first kappa shape index (κ1) is 16.9. The fourth-order valence-electron chi connectivity index (χ4n) is 3.18. The quantitative estimate of drug-likeness (QED) is 0.502. The van der Waals surface area contributed by atoms with Crippen molar-refractivity contribution < 1.29 is 18.7 Å². The maximum absolute atomic E-state index is 12.6. The van der Waals surface area contributed by atoms with Gasteiger partial charge in [-0.15, -0.1) is 0 Å². The van der Waals surface area contributed by atoms with E-state index in [0.717, 1.165) is 10.9 Å². The summed E-state index contributed by atoms with van der Waals surface area (Å²) in [7, 11) is 1.56. The molecule has 0 atom stereocenters. The second kappa shape index (κ2) is 6.98. The zero-order chi connectivity index (χ0) is 18.8. The Labute approximate surface area is 155 Å². The number of hydrogen-bond donors (Lipinski definition) is 0. The third-order valence-electron chi connectivity index (χ3n) is 4.41. The lowest BCUT2D eigenvalue weighted by Crippen LogP contribution is -2.07. The number of esters is 1. The normalized spacial score (nSPS) is 11.0. The SMILES string of the molecule is COCc1c(C(=O)OCc2cn3ccccc3c2C#N)oc2ccccc12. The number of nitrogens with zero attached hydrogens (tertiary/aromatic N) is 2. The van der Waals surface area contributed by atoms with Gasteiger partial charge >= 0.3 is 5.97 Å². The molecule has 4 aromatic rings. The van der Waals surface area contributed by atoms with Gasteiger partial charge in [0.1, 0.15) is 18.3 Å². The minimum absolute atomic E-state index is 0.0210. The van der Waals surface area contributed by atoms with E-state index in [9.17, 15) is 10.1 Å². The van der Waals surface area contributed by atoms with Crippen molar-refractivity contribution in [2.24, 2.45) is 0 Å². The van der Waals surface area contributed by atoms with Crippen LogP contribution in [0, 0.1) is 11.3 Å². The molecular formula is C21H16N2O4. The molecule has 0 aliphatic heterocycles. The lowest BCUT2D eigenvalue weighted by molar-refractivity contribution is 0.0432. The first-order valence-electron chi connectivity index (χ1n) is 8.38. The Hall–Kier alpha value is -3.56. The fourth-order valence-corrected chi connectivity index (χ4v) is 3.18. The van der Waals surface area contributed by atoms with Gasteiger partial charge in [0.15, 0.2) is 0 Å². The van der Waals surface area contributed by atoms with E-state index in [-0.39, 0.29) is 19.0 Å². The van der Waals surface area contributed by atoms with Crippen molar-refractivity contribution in [3.63, 3.8) is 0 Å². The zero-order valence-corrected chi connectivity index (χ0v) is 14.6. The first-order valence-corrected chi connectivity index (χ1v) is 8.38. The molecule has 3 heterocycles. The minimum Gasteiger partial charge on any atom is -0.455 e. The van der Waals surface area contributed by atoms with E-state index in [2.05, 4.69) is 6.07 Å². The van der Waals surface area contributed by atoms with Gasteiger partial charge in [-0.05, 0) is 18.2 Å². The molecule has 0 bridgehead atoms. The Morgan fingerprint density at radius 3 is 2.81 bits per heavy atom. The van der Waals surface area contributed by atoms with Crippen LogP contribution in [0.3, 0.4) is 0 Å². The summed E-state index contributed by atoms with van der Waals surface area (Å²) in [5.41, 5.74) is 3.16. The monoisotopic (exact) mass is 360 g/mol. The van der Waals surface area contributed by atoms with Crippen molar-refractivity contribution in [1.29, 1.82) is 5.26 Å². The summed E-state index contributed by atoms with van der Waals surface area (Å²) in [6, 6.07) is 15.1. The number of methoxy groups -OCH3 is 1. The number of nitriles is 1. The molecule has 0 aliphatic rings. The van der Waals surface area contributed by atoms with E-state index in [4.69, 9.17) is 13.9 Å². The van der Waals surface area contributed by atoms with Gasteiger partial charge in [-0.3, -0.25) is 0 Å². The standard InChI is InChI=1S/C21H16N2O4/c1-25-13-17-15-6-2-3-8-19(15)27-20(17)21(24)26-12-14-11-23-9-5-4-7-18(23)16(14)10-22/h2-9,11H,12-13H2,1H3. The molecule has 0 amide bonds. The third kappa shape index (κ3) is 2.94. The molecule has 0 unspecified atom stereocenters. The Morgan fingerprint density at radius 2 is 2.00 bits per heavy atom. The van der Waals surface area contributed by atoms with E-state index in [0.29, 0.717) is 22.3 Å². The Kier molecular flexibility index (Phi) is 4.37. The Balaban J connectivity index is 1.63. The second-order valence-electron chi connectivity index (χ2n) is 6.05. The molecular weight excluding hydrogens is 344 g/mol. The van der Waals surface area contributed by atoms with Crippen LogP contribution in [0.5, 0.6) is 0 Å². The summed E-state index contributed by atoms with van der Waals surface area (Å²) < 4.78 is 18.2. The van der Waals surface area contributed by atoms with Crippen LogP contribution in [0.2, 0.25) is 0 Å². The molecule has 27 heavy (non-hydrogen) atoms. The van der Waals surface area contributed by atoms with Gasteiger partial charge < -0.3 is 18.3 Å². The van der Waals surface area contributed by atoms with Crippen LogP contribution in [-0.4, -0.2) is 17.5 Å². The number of aromatic nitrogens is 1. The molecule has 0 spiro atoms. The number of para-hydroxylation sites is 1. The van der Waals surface area contributed by atoms with E-state index in [1.54, 1.807) is 19.4 Å². The van der Waals surface area contributed by atoms with Crippen LogP contribution < -0.4 is 0 Å². The van der Waals surface area contributed by atoms with Crippen LogP contribution >= 0.6 is 0 Å². The highest BCUT2D eigenvalue weighted by Crippen LogP contribution is 2.27. The molecule has 134 valence electrons.